The number of fused-ring (bicyclic) bond motifs is 1. The average molecular weight is 464 g/mol. The standard InChI is InChI=1S/C17H28N4O3.HI/c1-18-17(19-8-9-21(2)10-11-22-3)20-12-14-13-23-15-6-4-5-7-16(15)24-14;/h4-7,14H,8-13H2,1-3H3,(H2,18,19,20);1H. The molecule has 0 fully saturated rings. The number of nitrogens with zero attached hydrogens (tertiary/aromatic N) is 2. The monoisotopic (exact) mass is 464 g/mol. The molecule has 142 valence electrons. The summed E-state index contributed by atoms with van der Waals surface area (Å²) in [5.41, 5.74) is 0. The van der Waals surface area contributed by atoms with E-state index < -0.39 is 0 Å². The number of methoxy groups -OCH3 is 1. The van der Waals surface area contributed by atoms with E-state index in [9.17, 15) is 0 Å². The number of aliphatic imine (C=N–C) groups is 1. The van der Waals surface area contributed by atoms with Gasteiger partial charge in [-0.15, -0.1) is 24.0 Å². The van der Waals surface area contributed by atoms with Crippen LogP contribution in [-0.4, -0.2) is 77.6 Å². The molecule has 0 spiro atoms. The Balaban J connectivity index is 0.00000312. The molecule has 1 atom stereocenters. The molecule has 0 aliphatic carbocycles. The molecule has 7 nitrogen and oxygen atoms in total. The third-order valence-corrected chi connectivity index (χ3v) is 3.75. The van der Waals surface area contributed by atoms with Crippen LogP contribution in [-0.2, 0) is 4.74 Å². The molecule has 0 bridgehead atoms. The number of guanidine groups is 1. The second-order valence-electron chi connectivity index (χ2n) is 5.67. The maximum absolute atomic E-state index is 5.92. The van der Waals surface area contributed by atoms with E-state index in [0.29, 0.717) is 13.2 Å². The summed E-state index contributed by atoms with van der Waals surface area (Å²) in [4.78, 5) is 6.44. The lowest BCUT2D eigenvalue weighted by molar-refractivity contribution is 0.0936. The predicted octanol–water partition coefficient (Wildman–Crippen LogP) is 1.19. The van der Waals surface area contributed by atoms with E-state index in [1.807, 2.05) is 24.3 Å². The van der Waals surface area contributed by atoms with Crippen molar-refractivity contribution in [1.82, 2.24) is 15.5 Å². The van der Waals surface area contributed by atoms with Crippen molar-refractivity contribution in [3.8, 4) is 11.5 Å². The summed E-state index contributed by atoms with van der Waals surface area (Å²) in [7, 11) is 5.55. The van der Waals surface area contributed by atoms with E-state index in [-0.39, 0.29) is 30.1 Å². The topological polar surface area (TPSA) is 67.4 Å². The normalized spacial score (nSPS) is 16.3. The van der Waals surface area contributed by atoms with Crippen LogP contribution in [0.15, 0.2) is 29.3 Å². The predicted molar refractivity (Wildman–Crippen MR) is 111 cm³/mol. The fraction of sp³-hybridized carbons (Fsp3) is 0.588. The lowest BCUT2D eigenvalue weighted by Gasteiger charge is -2.27. The maximum atomic E-state index is 5.92. The Kier molecular flexibility index (Phi) is 10.6. The van der Waals surface area contributed by atoms with Crippen LogP contribution in [0, 0.1) is 0 Å². The average Bonchev–Trinajstić information content (AvgIpc) is 2.62. The van der Waals surface area contributed by atoms with Crippen LogP contribution >= 0.6 is 24.0 Å². The zero-order valence-electron chi connectivity index (χ0n) is 15.2. The van der Waals surface area contributed by atoms with Crippen molar-refractivity contribution < 1.29 is 14.2 Å². The lowest BCUT2D eigenvalue weighted by atomic mass is 10.2. The Morgan fingerprint density at radius 3 is 2.76 bits per heavy atom. The molecule has 2 N–H and O–H groups in total. The molecule has 0 amide bonds. The fourth-order valence-corrected chi connectivity index (χ4v) is 2.32. The van der Waals surface area contributed by atoms with Gasteiger partial charge in [-0.1, -0.05) is 12.1 Å². The van der Waals surface area contributed by atoms with Gasteiger partial charge in [-0.25, -0.2) is 0 Å². The number of rotatable bonds is 8. The highest BCUT2D eigenvalue weighted by atomic mass is 127. The molecule has 1 heterocycles. The van der Waals surface area contributed by atoms with Crippen molar-refractivity contribution in [3.05, 3.63) is 24.3 Å². The van der Waals surface area contributed by atoms with Gasteiger partial charge in [0.15, 0.2) is 17.5 Å². The van der Waals surface area contributed by atoms with E-state index >= 15 is 0 Å². The summed E-state index contributed by atoms with van der Waals surface area (Å²) in [5.74, 6) is 2.35. The quantitative estimate of drug-likeness (QED) is 0.343. The molecule has 1 aromatic carbocycles. The number of ether oxygens (including phenoxy) is 3. The van der Waals surface area contributed by atoms with Crippen LogP contribution < -0.4 is 20.1 Å². The van der Waals surface area contributed by atoms with Gasteiger partial charge in [0.2, 0.25) is 0 Å². The van der Waals surface area contributed by atoms with Gasteiger partial charge in [-0.2, -0.15) is 0 Å². The van der Waals surface area contributed by atoms with Crippen molar-refractivity contribution in [2.24, 2.45) is 4.99 Å². The molecule has 1 aromatic rings. The van der Waals surface area contributed by atoms with E-state index in [4.69, 9.17) is 14.2 Å². The number of benzene rings is 1. The molecule has 1 aliphatic rings. The van der Waals surface area contributed by atoms with E-state index in [2.05, 4.69) is 27.6 Å². The Morgan fingerprint density at radius 2 is 2.04 bits per heavy atom. The summed E-state index contributed by atoms with van der Waals surface area (Å²) in [6, 6.07) is 7.72. The summed E-state index contributed by atoms with van der Waals surface area (Å²) in [5, 5.41) is 6.57. The molecule has 0 aromatic heterocycles. The molecule has 8 heteroatoms. The molecule has 0 radical (unpaired) electrons. The molecule has 2 rings (SSSR count). The van der Waals surface area contributed by atoms with Crippen LogP contribution in [0.3, 0.4) is 0 Å². The van der Waals surface area contributed by atoms with Gasteiger partial charge >= 0.3 is 0 Å². The third-order valence-electron chi connectivity index (χ3n) is 3.75. The highest BCUT2D eigenvalue weighted by Gasteiger charge is 2.20. The van der Waals surface area contributed by atoms with Gasteiger partial charge < -0.3 is 29.7 Å². The van der Waals surface area contributed by atoms with Crippen LogP contribution in [0.5, 0.6) is 11.5 Å². The fourth-order valence-electron chi connectivity index (χ4n) is 2.32. The first-order chi connectivity index (χ1) is 11.7. The number of nitrogens with one attached hydrogen (secondary N) is 2. The lowest BCUT2D eigenvalue weighted by Crippen LogP contribution is -2.46. The smallest absolute Gasteiger partial charge is 0.191 e. The van der Waals surface area contributed by atoms with Crippen molar-refractivity contribution in [1.29, 1.82) is 0 Å². The third kappa shape index (κ3) is 7.66. The number of likely N-dealkylation sites (N-methyl/N-ethyl adjacent to an activating group) is 1. The number of halogens is 1. The van der Waals surface area contributed by atoms with Gasteiger partial charge in [0.05, 0.1) is 13.2 Å². The SMILES string of the molecule is CN=C(NCCN(C)CCOC)NCC1COc2ccccc2O1.I. The van der Waals surface area contributed by atoms with Gasteiger partial charge in [0.1, 0.15) is 12.7 Å². The first-order valence-electron chi connectivity index (χ1n) is 8.23. The molecular weight excluding hydrogens is 435 g/mol. The minimum absolute atomic E-state index is 0. The van der Waals surface area contributed by atoms with Crippen molar-refractivity contribution in [3.63, 3.8) is 0 Å². The molecular formula is C17H29IN4O3. The van der Waals surface area contributed by atoms with E-state index in [1.165, 1.54) is 0 Å². The summed E-state index contributed by atoms with van der Waals surface area (Å²) >= 11 is 0. The van der Waals surface area contributed by atoms with Gasteiger partial charge in [-0.3, -0.25) is 4.99 Å². The van der Waals surface area contributed by atoms with Gasteiger partial charge in [0, 0.05) is 33.8 Å². The van der Waals surface area contributed by atoms with Gasteiger partial charge in [-0.05, 0) is 19.2 Å². The summed E-state index contributed by atoms with van der Waals surface area (Å²) in [6.07, 6.45) is -0.0390. The van der Waals surface area contributed by atoms with Crippen LogP contribution in [0.2, 0.25) is 0 Å². The van der Waals surface area contributed by atoms with Crippen molar-refractivity contribution >= 4 is 29.9 Å². The first-order valence-corrected chi connectivity index (χ1v) is 8.23. The van der Waals surface area contributed by atoms with Gasteiger partial charge in [0.25, 0.3) is 0 Å². The summed E-state index contributed by atoms with van der Waals surface area (Å²) < 4.78 is 16.7. The van der Waals surface area contributed by atoms with Crippen LogP contribution in [0.4, 0.5) is 0 Å². The molecule has 0 saturated heterocycles. The zero-order chi connectivity index (χ0) is 17.2. The Morgan fingerprint density at radius 1 is 1.28 bits per heavy atom. The zero-order valence-corrected chi connectivity index (χ0v) is 17.5. The second-order valence-corrected chi connectivity index (χ2v) is 5.67. The Labute approximate surface area is 167 Å². The highest BCUT2D eigenvalue weighted by molar-refractivity contribution is 14.0. The first kappa shape index (κ1) is 21.8. The number of hydrogen-bond donors (Lipinski definition) is 2. The molecule has 25 heavy (non-hydrogen) atoms. The molecule has 1 unspecified atom stereocenters. The van der Waals surface area contributed by atoms with Crippen molar-refractivity contribution in [2.75, 3.05) is 60.6 Å². The molecule has 0 saturated carbocycles. The van der Waals surface area contributed by atoms with Crippen LogP contribution in [0.1, 0.15) is 0 Å². The number of hydrogen-bond acceptors (Lipinski definition) is 5. The minimum Gasteiger partial charge on any atom is -0.486 e. The van der Waals surface area contributed by atoms with E-state index in [1.54, 1.807) is 14.2 Å². The van der Waals surface area contributed by atoms with Crippen molar-refractivity contribution in [2.45, 2.75) is 6.10 Å². The Hall–Kier alpha value is -1.26. The summed E-state index contributed by atoms with van der Waals surface area (Å²) in [6.45, 7) is 4.54. The van der Waals surface area contributed by atoms with Crippen LogP contribution in [0.25, 0.3) is 0 Å². The second kappa shape index (κ2) is 12.2. The largest absolute Gasteiger partial charge is 0.486 e. The number of para-hydroxylation sites is 2. The Bertz CT molecular complexity index is 530. The highest BCUT2D eigenvalue weighted by Crippen LogP contribution is 2.30. The maximum Gasteiger partial charge on any atom is 0.191 e. The minimum atomic E-state index is -0.0390. The van der Waals surface area contributed by atoms with E-state index in [0.717, 1.165) is 43.7 Å². The molecule has 1 aliphatic heterocycles.